The van der Waals surface area contributed by atoms with Crippen LogP contribution in [0.4, 0.5) is 0 Å². The molecular formula is C6H15NO4. The Labute approximate surface area is 65.7 Å². The summed E-state index contributed by atoms with van der Waals surface area (Å²) >= 11 is 0. The third-order valence-corrected chi connectivity index (χ3v) is 0.941. The van der Waals surface area contributed by atoms with Crippen molar-refractivity contribution in [2.45, 2.75) is 6.23 Å². The Morgan fingerprint density at radius 2 is 1.82 bits per heavy atom. The van der Waals surface area contributed by atoms with Gasteiger partial charge in [0.15, 0.2) is 0 Å². The van der Waals surface area contributed by atoms with Gasteiger partial charge in [-0.1, -0.05) is 0 Å². The van der Waals surface area contributed by atoms with Crippen molar-refractivity contribution >= 4 is 0 Å². The second-order valence-corrected chi connectivity index (χ2v) is 1.93. The number of ether oxygens (including phenoxy) is 2. The van der Waals surface area contributed by atoms with Crippen LogP contribution in [0.5, 0.6) is 0 Å². The SMILES string of the molecule is NC(COCCO)OCCO. The standard InChI is InChI=1S/C6H15NO4/c7-6(11-4-2-9)5-10-3-1-8/h6,8-9H,1-5,7H2. The fraction of sp³-hybridized carbons (Fsp3) is 1.00. The van der Waals surface area contributed by atoms with E-state index in [0.717, 1.165) is 0 Å². The molecule has 0 aliphatic carbocycles. The normalized spacial score (nSPS) is 13.4. The van der Waals surface area contributed by atoms with E-state index >= 15 is 0 Å². The van der Waals surface area contributed by atoms with Gasteiger partial charge in [0.25, 0.3) is 0 Å². The topological polar surface area (TPSA) is 84.9 Å². The maximum atomic E-state index is 8.33. The lowest BCUT2D eigenvalue weighted by atomic mass is 10.6. The first-order chi connectivity index (χ1) is 5.31. The Morgan fingerprint density at radius 3 is 2.36 bits per heavy atom. The van der Waals surface area contributed by atoms with Gasteiger partial charge >= 0.3 is 0 Å². The molecule has 0 saturated heterocycles. The first kappa shape index (κ1) is 10.8. The van der Waals surface area contributed by atoms with Crippen molar-refractivity contribution in [3.63, 3.8) is 0 Å². The minimum Gasteiger partial charge on any atom is -0.394 e. The Hall–Kier alpha value is -0.200. The highest BCUT2D eigenvalue weighted by molar-refractivity contribution is 4.44. The van der Waals surface area contributed by atoms with Crippen LogP contribution in [0, 0.1) is 0 Å². The highest BCUT2D eigenvalue weighted by atomic mass is 16.5. The van der Waals surface area contributed by atoms with Crippen LogP contribution in [0.25, 0.3) is 0 Å². The number of aliphatic hydroxyl groups is 2. The summed E-state index contributed by atoms with van der Waals surface area (Å²) in [5, 5.41) is 16.6. The second kappa shape index (κ2) is 7.90. The zero-order valence-electron chi connectivity index (χ0n) is 6.40. The van der Waals surface area contributed by atoms with Crippen molar-refractivity contribution < 1.29 is 19.7 Å². The number of hydrogen-bond donors (Lipinski definition) is 3. The molecule has 0 aromatic heterocycles. The molecule has 1 atom stereocenters. The summed E-state index contributed by atoms with van der Waals surface area (Å²) < 4.78 is 9.72. The molecule has 0 radical (unpaired) electrons. The van der Waals surface area contributed by atoms with Crippen molar-refractivity contribution in [1.82, 2.24) is 0 Å². The third-order valence-electron chi connectivity index (χ3n) is 0.941. The van der Waals surface area contributed by atoms with Gasteiger partial charge in [0, 0.05) is 0 Å². The fourth-order valence-corrected chi connectivity index (χ4v) is 0.516. The molecule has 0 aliphatic rings. The van der Waals surface area contributed by atoms with Gasteiger partial charge in [-0.15, -0.1) is 0 Å². The van der Waals surface area contributed by atoms with Crippen LogP contribution in [-0.2, 0) is 9.47 Å². The molecular weight excluding hydrogens is 150 g/mol. The number of hydrogen-bond acceptors (Lipinski definition) is 5. The average Bonchev–Trinajstić information content (AvgIpc) is 2.01. The van der Waals surface area contributed by atoms with Gasteiger partial charge in [-0.05, 0) is 0 Å². The summed E-state index contributed by atoms with van der Waals surface area (Å²) in [6, 6.07) is 0. The lowest BCUT2D eigenvalue weighted by Crippen LogP contribution is -2.30. The van der Waals surface area contributed by atoms with E-state index in [4.69, 9.17) is 25.4 Å². The summed E-state index contributed by atoms with van der Waals surface area (Å²) in [6.45, 7) is 0.640. The van der Waals surface area contributed by atoms with Crippen molar-refractivity contribution in [2.75, 3.05) is 33.0 Å². The first-order valence-electron chi connectivity index (χ1n) is 3.48. The van der Waals surface area contributed by atoms with Crippen molar-refractivity contribution in [3.05, 3.63) is 0 Å². The summed E-state index contributed by atoms with van der Waals surface area (Å²) in [5.41, 5.74) is 5.36. The van der Waals surface area contributed by atoms with Crippen molar-refractivity contribution in [1.29, 1.82) is 0 Å². The van der Waals surface area contributed by atoms with E-state index < -0.39 is 6.23 Å². The maximum absolute atomic E-state index is 8.33. The Balaban J connectivity index is 3.02. The quantitative estimate of drug-likeness (QED) is 0.309. The van der Waals surface area contributed by atoms with Gasteiger partial charge in [-0.3, -0.25) is 0 Å². The molecule has 0 bridgehead atoms. The molecule has 4 N–H and O–H groups in total. The van der Waals surface area contributed by atoms with E-state index in [-0.39, 0.29) is 33.0 Å². The van der Waals surface area contributed by atoms with Gasteiger partial charge in [0.05, 0.1) is 33.0 Å². The minimum atomic E-state index is -0.520. The number of nitrogens with two attached hydrogens (primary N) is 1. The van der Waals surface area contributed by atoms with Crippen molar-refractivity contribution in [3.8, 4) is 0 Å². The molecule has 1 unspecified atom stereocenters. The van der Waals surface area contributed by atoms with Crippen LogP contribution in [0.15, 0.2) is 0 Å². The molecule has 0 fully saturated rings. The van der Waals surface area contributed by atoms with Crippen LogP contribution < -0.4 is 5.73 Å². The van der Waals surface area contributed by atoms with Gasteiger partial charge in [0.1, 0.15) is 6.23 Å². The third kappa shape index (κ3) is 7.70. The monoisotopic (exact) mass is 165 g/mol. The molecule has 0 spiro atoms. The molecule has 11 heavy (non-hydrogen) atoms. The first-order valence-corrected chi connectivity index (χ1v) is 3.48. The molecule has 0 heterocycles. The van der Waals surface area contributed by atoms with E-state index in [9.17, 15) is 0 Å². The molecule has 68 valence electrons. The summed E-state index contributed by atoms with van der Waals surface area (Å²) in [7, 11) is 0. The zero-order chi connectivity index (χ0) is 8.53. The molecule has 0 rings (SSSR count). The molecule has 5 nitrogen and oxygen atoms in total. The lowest BCUT2D eigenvalue weighted by molar-refractivity contribution is -0.0302. The Kier molecular flexibility index (Phi) is 7.76. The minimum absolute atomic E-state index is 0.0211. The van der Waals surface area contributed by atoms with Crippen molar-refractivity contribution in [2.24, 2.45) is 5.73 Å². The Morgan fingerprint density at radius 1 is 1.18 bits per heavy atom. The fourth-order valence-electron chi connectivity index (χ4n) is 0.516. The summed E-state index contributed by atoms with van der Waals surface area (Å²) in [5.74, 6) is 0. The highest BCUT2D eigenvalue weighted by Gasteiger charge is 2.00. The number of aliphatic hydroxyl groups excluding tert-OH is 2. The summed E-state index contributed by atoms with van der Waals surface area (Å²) in [4.78, 5) is 0. The van der Waals surface area contributed by atoms with Crippen LogP contribution >= 0.6 is 0 Å². The Bertz CT molecular complexity index is 81.0. The van der Waals surface area contributed by atoms with E-state index in [1.54, 1.807) is 0 Å². The largest absolute Gasteiger partial charge is 0.394 e. The summed E-state index contributed by atoms with van der Waals surface area (Å²) in [6.07, 6.45) is -0.520. The van der Waals surface area contributed by atoms with E-state index in [1.807, 2.05) is 0 Å². The van der Waals surface area contributed by atoms with Crippen LogP contribution in [0.3, 0.4) is 0 Å². The van der Waals surface area contributed by atoms with Gasteiger partial charge in [-0.25, -0.2) is 0 Å². The number of rotatable bonds is 7. The molecule has 0 aromatic carbocycles. The predicted molar refractivity (Wildman–Crippen MR) is 38.9 cm³/mol. The molecule has 0 aliphatic heterocycles. The van der Waals surface area contributed by atoms with E-state index in [2.05, 4.69) is 0 Å². The van der Waals surface area contributed by atoms with E-state index in [0.29, 0.717) is 0 Å². The molecule has 0 aromatic rings. The highest BCUT2D eigenvalue weighted by Crippen LogP contribution is 1.84. The molecule has 5 heteroatoms. The second-order valence-electron chi connectivity index (χ2n) is 1.93. The van der Waals surface area contributed by atoms with Crippen LogP contribution in [0.1, 0.15) is 0 Å². The van der Waals surface area contributed by atoms with Crippen LogP contribution in [-0.4, -0.2) is 49.5 Å². The average molecular weight is 165 g/mol. The maximum Gasteiger partial charge on any atom is 0.129 e. The molecule has 0 amide bonds. The van der Waals surface area contributed by atoms with Crippen LogP contribution in [0.2, 0.25) is 0 Å². The smallest absolute Gasteiger partial charge is 0.129 e. The zero-order valence-corrected chi connectivity index (χ0v) is 6.40. The van der Waals surface area contributed by atoms with Gasteiger partial charge in [-0.2, -0.15) is 0 Å². The molecule has 0 saturated carbocycles. The lowest BCUT2D eigenvalue weighted by Gasteiger charge is -2.11. The van der Waals surface area contributed by atoms with Gasteiger partial charge in [0.2, 0.25) is 0 Å². The predicted octanol–water partition coefficient (Wildman–Crippen LogP) is -1.71. The van der Waals surface area contributed by atoms with E-state index in [1.165, 1.54) is 0 Å². The van der Waals surface area contributed by atoms with Gasteiger partial charge < -0.3 is 25.4 Å².